The van der Waals surface area contributed by atoms with E-state index in [1.807, 2.05) is 30.3 Å². The molecule has 0 fully saturated rings. The second kappa shape index (κ2) is 13.1. The van der Waals surface area contributed by atoms with Crippen LogP contribution in [-0.4, -0.2) is 38.8 Å². The molecule has 8 nitrogen and oxygen atoms in total. The van der Waals surface area contributed by atoms with Gasteiger partial charge >= 0.3 is 0 Å². The topological polar surface area (TPSA) is 98.2 Å². The first kappa shape index (κ1) is 25.8. The Morgan fingerprint density at radius 1 is 0.943 bits per heavy atom. The van der Waals surface area contributed by atoms with E-state index in [0.717, 1.165) is 15.6 Å². The SMILES string of the molecule is COc1ccc(C(=O)NCCC(=O)NN=Cc2ccc(OCc3ccc(Br)cc3)c(OC)c2)cc1. The molecule has 3 aromatic rings. The lowest BCUT2D eigenvalue weighted by Crippen LogP contribution is -2.29. The lowest BCUT2D eigenvalue weighted by Gasteiger charge is -2.11. The van der Waals surface area contributed by atoms with Crippen LogP contribution in [0.3, 0.4) is 0 Å². The van der Waals surface area contributed by atoms with Crippen LogP contribution in [0.1, 0.15) is 27.9 Å². The van der Waals surface area contributed by atoms with Crippen LogP contribution in [0, 0.1) is 0 Å². The molecule has 0 spiro atoms. The Morgan fingerprint density at radius 2 is 1.69 bits per heavy atom. The molecule has 2 N–H and O–H groups in total. The van der Waals surface area contributed by atoms with Gasteiger partial charge in [-0.1, -0.05) is 28.1 Å². The molecule has 0 aliphatic heterocycles. The molecule has 3 rings (SSSR count). The summed E-state index contributed by atoms with van der Waals surface area (Å²) in [5, 5.41) is 6.67. The van der Waals surface area contributed by atoms with Crippen LogP contribution in [-0.2, 0) is 11.4 Å². The van der Waals surface area contributed by atoms with Crippen molar-refractivity contribution in [2.75, 3.05) is 20.8 Å². The summed E-state index contributed by atoms with van der Waals surface area (Å²) in [5.74, 6) is 1.23. The quantitative estimate of drug-likeness (QED) is 0.279. The van der Waals surface area contributed by atoms with E-state index >= 15 is 0 Å². The molecule has 2 amide bonds. The van der Waals surface area contributed by atoms with Gasteiger partial charge in [-0.3, -0.25) is 9.59 Å². The van der Waals surface area contributed by atoms with Crippen LogP contribution in [0.4, 0.5) is 0 Å². The molecule has 35 heavy (non-hydrogen) atoms. The van der Waals surface area contributed by atoms with E-state index in [-0.39, 0.29) is 24.8 Å². The minimum absolute atomic E-state index is 0.0887. The predicted molar refractivity (Wildman–Crippen MR) is 137 cm³/mol. The molecule has 0 aliphatic carbocycles. The summed E-state index contributed by atoms with van der Waals surface area (Å²) >= 11 is 3.41. The number of amides is 2. The number of benzene rings is 3. The highest BCUT2D eigenvalue weighted by Gasteiger charge is 2.08. The Kier molecular flexibility index (Phi) is 9.68. The molecule has 0 aromatic heterocycles. The molecular weight excluding hydrogens is 514 g/mol. The second-order valence-corrected chi connectivity index (χ2v) is 8.27. The van der Waals surface area contributed by atoms with Gasteiger partial charge in [0, 0.05) is 23.0 Å². The van der Waals surface area contributed by atoms with Crippen LogP contribution in [0.25, 0.3) is 0 Å². The third-order valence-corrected chi connectivity index (χ3v) is 5.42. The van der Waals surface area contributed by atoms with E-state index in [1.165, 1.54) is 6.21 Å². The van der Waals surface area contributed by atoms with Gasteiger partial charge in [-0.2, -0.15) is 5.10 Å². The van der Waals surface area contributed by atoms with Crippen LogP contribution in [0.15, 0.2) is 76.3 Å². The Balaban J connectivity index is 1.44. The van der Waals surface area contributed by atoms with Crippen molar-refractivity contribution in [1.82, 2.24) is 10.7 Å². The lowest BCUT2D eigenvalue weighted by molar-refractivity contribution is -0.120. The normalized spacial score (nSPS) is 10.6. The molecule has 0 atom stereocenters. The number of rotatable bonds is 11. The molecule has 0 radical (unpaired) electrons. The van der Waals surface area contributed by atoms with E-state index in [0.29, 0.717) is 29.4 Å². The van der Waals surface area contributed by atoms with Gasteiger partial charge in [-0.05, 0) is 65.7 Å². The Hall–Kier alpha value is -3.85. The fraction of sp³-hybridized carbons (Fsp3) is 0.192. The average Bonchev–Trinajstić information content (AvgIpc) is 2.88. The molecule has 9 heteroatoms. The number of nitrogens with zero attached hydrogens (tertiary/aromatic N) is 1. The molecule has 0 heterocycles. The number of hydrogen-bond acceptors (Lipinski definition) is 6. The number of carbonyl (C=O) groups is 2. The van der Waals surface area contributed by atoms with Gasteiger partial charge in [0.15, 0.2) is 11.5 Å². The van der Waals surface area contributed by atoms with Crippen LogP contribution in [0.2, 0.25) is 0 Å². The summed E-state index contributed by atoms with van der Waals surface area (Å²) in [4.78, 5) is 24.1. The zero-order valence-corrected chi connectivity index (χ0v) is 21.0. The minimum Gasteiger partial charge on any atom is -0.497 e. The van der Waals surface area contributed by atoms with Crippen LogP contribution in [0.5, 0.6) is 17.2 Å². The Bertz CT molecular complexity index is 1160. The first-order valence-corrected chi connectivity index (χ1v) is 11.6. The average molecular weight is 540 g/mol. The van der Waals surface area contributed by atoms with Crippen molar-refractivity contribution in [3.8, 4) is 17.2 Å². The van der Waals surface area contributed by atoms with Gasteiger partial charge in [-0.25, -0.2) is 5.43 Å². The highest BCUT2D eigenvalue weighted by molar-refractivity contribution is 9.10. The van der Waals surface area contributed by atoms with Gasteiger partial charge in [0.1, 0.15) is 12.4 Å². The second-order valence-electron chi connectivity index (χ2n) is 7.35. The van der Waals surface area contributed by atoms with Gasteiger partial charge in [0.2, 0.25) is 5.91 Å². The molecule has 0 bridgehead atoms. The van der Waals surface area contributed by atoms with Crippen molar-refractivity contribution < 1.29 is 23.8 Å². The fourth-order valence-corrected chi connectivity index (χ4v) is 3.26. The Morgan fingerprint density at radius 3 is 2.37 bits per heavy atom. The van der Waals surface area contributed by atoms with Crippen molar-refractivity contribution in [2.24, 2.45) is 5.10 Å². The summed E-state index contributed by atoms with van der Waals surface area (Å²) in [6.45, 7) is 0.590. The smallest absolute Gasteiger partial charge is 0.251 e. The summed E-state index contributed by atoms with van der Waals surface area (Å²) in [6, 6.07) is 19.9. The summed E-state index contributed by atoms with van der Waals surface area (Å²) in [7, 11) is 3.12. The van der Waals surface area contributed by atoms with E-state index in [4.69, 9.17) is 14.2 Å². The van der Waals surface area contributed by atoms with E-state index in [1.54, 1.807) is 50.6 Å². The number of hydrazone groups is 1. The molecule has 0 saturated heterocycles. The van der Waals surface area contributed by atoms with Crippen LogP contribution < -0.4 is 25.0 Å². The van der Waals surface area contributed by atoms with E-state index < -0.39 is 0 Å². The first-order chi connectivity index (χ1) is 17.0. The van der Waals surface area contributed by atoms with Gasteiger partial charge in [0.25, 0.3) is 5.91 Å². The maximum atomic E-state index is 12.1. The number of ether oxygens (including phenoxy) is 3. The maximum Gasteiger partial charge on any atom is 0.251 e. The monoisotopic (exact) mass is 539 g/mol. The predicted octanol–water partition coefficient (Wildman–Crippen LogP) is 4.32. The van der Waals surface area contributed by atoms with Crippen molar-refractivity contribution in [3.63, 3.8) is 0 Å². The zero-order chi connectivity index (χ0) is 25.0. The number of hydrogen-bond donors (Lipinski definition) is 2. The third kappa shape index (κ3) is 8.15. The first-order valence-electron chi connectivity index (χ1n) is 10.8. The number of nitrogens with one attached hydrogen (secondary N) is 2. The van der Waals surface area contributed by atoms with Crippen LogP contribution >= 0.6 is 15.9 Å². The highest BCUT2D eigenvalue weighted by Crippen LogP contribution is 2.28. The zero-order valence-electron chi connectivity index (χ0n) is 19.4. The highest BCUT2D eigenvalue weighted by atomic mass is 79.9. The molecule has 182 valence electrons. The lowest BCUT2D eigenvalue weighted by atomic mass is 10.2. The number of halogens is 1. The molecular formula is C26H26BrN3O5. The van der Waals surface area contributed by atoms with Gasteiger partial charge in [-0.15, -0.1) is 0 Å². The Labute approximate surface area is 212 Å². The molecule has 0 aliphatic rings. The maximum absolute atomic E-state index is 12.1. The largest absolute Gasteiger partial charge is 0.497 e. The van der Waals surface area contributed by atoms with E-state index in [2.05, 4.69) is 31.8 Å². The van der Waals surface area contributed by atoms with Gasteiger partial charge in [0.05, 0.1) is 20.4 Å². The van der Waals surface area contributed by atoms with E-state index in [9.17, 15) is 9.59 Å². The van der Waals surface area contributed by atoms with Crippen molar-refractivity contribution in [1.29, 1.82) is 0 Å². The fourth-order valence-electron chi connectivity index (χ4n) is 2.99. The molecule has 0 unspecified atom stereocenters. The van der Waals surface area contributed by atoms with Crippen molar-refractivity contribution in [2.45, 2.75) is 13.0 Å². The molecule has 0 saturated carbocycles. The van der Waals surface area contributed by atoms with Gasteiger partial charge < -0.3 is 19.5 Å². The van der Waals surface area contributed by atoms with Crippen molar-refractivity contribution in [3.05, 3.63) is 87.9 Å². The standard InChI is InChI=1S/C26H26BrN3O5/c1-33-22-10-6-20(7-11-22)26(32)28-14-13-25(31)30-29-16-19-5-12-23(24(15-19)34-2)35-17-18-3-8-21(27)9-4-18/h3-12,15-16H,13-14,17H2,1-2H3,(H,28,32)(H,30,31). The summed E-state index contributed by atoms with van der Waals surface area (Å²) < 4.78 is 17.4. The third-order valence-electron chi connectivity index (χ3n) is 4.89. The molecule has 3 aromatic carbocycles. The van der Waals surface area contributed by atoms with Crippen molar-refractivity contribution >= 4 is 34.0 Å². The summed E-state index contributed by atoms with van der Waals surface area (Å²) in [5.41, 5.74) is 4.70. The number of methoxy groups -OCH3 is 2. The summed E-state index contributed by atoms with van der Waals surface area (Å²) in [6.07, 6.45) is 1.60. The number of carbonyl (C=O) groups excluding carboxylic acids is 2. The minimum atomic E-state index is -0.322.